The van der Waals surface area contributed by atoms with E-state index in [1.807, 2.05) is 0 Å². The Morgan fingerprint density at radius 2 is 1.70 bits per heavy atom. The molecule has 0 fully saturated rings. The number of alkyl halides is 3. The Balaban J connectivity index is 1.98. The Morgan fingerprint density at radius 3 is 2.35 bits per heavy atom. The van der Waals surface area contributed by atoms with E-state index in [9.17, 15) is 18.0 Å². The summed E-state index contributed by atoms with van der Waals surface area (Å²) in [6.07, 6.45) is -0.932. The number of hydrogen-bond acceptors (Lipinski definition) is 3. The lowest BCUT2D eigenvalue weighted by atomic mass is 10.0. The largest absolute Gasteiger partial charge is 0.451 e. The van der Waals surface area contributed by atoms with Crippen LogP contribution in [0.4, 0.5) is 13.2 Å². The average molecular weight is 277 g/mol. The van der Waals surface area contributed by atoms with Crippen molar-refractivity contribution >= 4 is 12.1 Å². The molecular formula is C13H6F3N3O. The number of aromatic nitrogens is 2. The van der Waals surface area contributed by atoms with E-state index in [-0.39, 0.29) is 5.91 Å². The van der Waals surface area contributed by atoms with Gasteiger partial charge in [0, 0.05) is 29.7 Å². The highest BCUT2D eigenvalue weighted by Gasteiger charge is 2.34. The molecule has 2 aromatic rings. The molecule has 0 radical (unpaired) electrons. The van der Waals surface area contributed by atoms with Gasteiger partial charge in [-0.3, -0.25) is 4.79 Å². The second-order valence-electron chi connectivity index (χ2n) is 4.16. The summed E-state index contributed by atoms with van der Waals surface area (Å²) < 4.78 is 37.1. The molecule has 3 rings (SSSR count). The van der Waals surface area contributed by atoms with Gasteiger partial charge in [-0.2, -0.15) is 13.2 Å². The summed E-state index contributed by atoms with van der Waals surface area (Å²) in [7, 11) is 0. The van der Waals surface area contributed by atoms with E-state index in [1.54, 1.807) is 18.2 Å². The van der Waals surface area contributed by atoms with Crippen LogP contribution in [0, 0.1) is 0 Å². The molecule has 0 saturated carbocycles. The molecule has 0 aliphatic carbocycles. The normalized spacial score (nSPS) is 13.7. The highest BCUT2D eigenvalue weighted by molar-refractivity contribution is 6.13. The lowest BCUT2D eigenvalue weighted by molar-refractivity contribution is -0.144. The molecule has 2 heterocycles. The van der Waals surface area contributed by atoms with E-state index in [4.69, 9.17) is 0 Å². The van der Waals surface area contributed by atoms with Gasteiger partial charge in [-0.05, 0) is 17.7 Å². The zero-order chi connectivity index (χ0) is 14.3. The van der Waals surface area contributed by atoms with Gasteiger partial charge in [0.2, 0.25) is 5.82 Å². The molecule has 0 atom stereocenters. The molecule has 1 aliphatic rings. The third-order valence-electron chi connectivity index (χ3n) is 2.84. The first-order chi connectivity index (χ1) is 9.45. The molecule has 0 bridgehead atoms. The summed E-state index contributed by atoms with van der Waals surface area (Å²) in [5.74, 6) is -1.51. The van der Waals surface area contributed by atoms with Crippen molar-refractivity contribution in [2.75, 3.05) is 0 Å². The van der Waals surface area contributed by atoms with Crippen LogP contribution in [0.1, 0.15) is 21.7 Å². The van der Waals surface area contributed by atoms with Crippen LogP contribution in [0.3, 0.4) is 0 Å². The standard InChI is InChI=1S/C13H6F3N3O/c14-13(15,16)12-18-5-9(6-19-12)7-1-2-10-8(3-7)4-17-11(10)20/h1-6H. The fraction of sp³-hybridized carbons (Fsp3) is 0.0769. The fourth-order valence-corrected chi connectivity index (χ4v) is 1.87. The number of rotatable bonds is 1. The smallest absolute Gasteiger partial charge is 0.267 e. The van der Waals surface area contributed by atoms with Gasteiger partial charge in [-0.25, -0.2) is 15.0 Å². The maximum Gasteiger partial charge on any atom is 0.451 e. The van der Waals surface area contributed by atoms with Crippen LogP contribution < -0.4 is 0 Å². The summed E-state index contributed by atoms with van der Waals surface area (Å²) >= 11 is 0. The van der Waals surface area contributed by atoms with Crippen molar-refractivity contribution in [1.82, 2.24) is 9.97 Å². The first kappa shape index (κ1) is 12.5. The van der Waals surface area contributed by atoms with Crippen LogP contribution in [0.5, 0.6) is 0 Å². The molecular weight excluding hydrogens is 271 g/mol. The lowest BCUT2D eigenvalue weighted by Gasteiger charge is -2.06. The Labute approximate surface area is 111 Å². The van der Waals surface area contributed by atoms with Crippen molar-refractivity contribution in [3.63, 3.8) is 0 Å². The Hall–Kier alpha value is -2.57. The molecule has 1 aromatic heterocycles. The molecule has 1 aromatic carbocycles. The van der Waals surface area contributed by atoms with Crippen molar-refractivity contribution in [2.45, 2.75) is 6.18 Å². The van der Waals surface area contributed by atoms with E-state index in [0.29, 0.717) is 22.3 Å². The van der Waals surface area contributed by atoms with E-state index in [1.165, 1.54) is 6.21 Å². The fourth-order valence-electron chi connectivity index (χ4n) is 1.87. The zero-order valence-electron chi connectivity index (χ0n) is 9.85. The lowest BCUT2D eigenvalue weighted by Crippen LogP contribution is -2.10. The predicted molar refractivity (Wildman–Crippen MR) is 64.4 cm³/mol. The number of nitrogens with zero attached hydrogens (tertiary/aromatic N) is 3. The average Bonchev–Trinajstić information content (AvgIpc) is 2.79. The minimum Gasteiger partial charge on any atom is -0.267 e. The molecule has 20 heavy (non-hydrogen) atoms. The molecule has 4 nitrogen and oxygen atoms in total. The van der Waals surface area contributed by atoms with Crippen LogP contribution in [0.25, 0.3) is 11.1 Å². The number of halogens is 3. The van der Waals surface area contributed by atoms with Crippen molar-refractivity contribution in [3.05, 3.63) is 47.5 Å². The van der Waals surface area contributed by atoms with Gasteiger partial charge in [-0.1, -0.05) is 6.07 Å². The molecule has 0 N–H and O–H groups in total. The maximum absolute atomic E-state index is 12.4. The molecule has 100 valence electrons. The Kier molecular flexibility index (Phi) is 2.63. The second kappa shape index (κ2) is 4.22. The first-order valence-corrected chi connectivity index (χ1v) is 5.57. The SMILES string of the molecule is O=C1N=Cc2cc(-c3cnc(C(F)(F)F)nc3)ccc21. The van der Waals surface area contributed by atoms with Gasteiger partial charge in [0.05, 0.1) is 5.56 Å². The van der Waals surface area contributed by atoms with Gasteiger partial charge >= 0.3 is 6.18 Å². The number of carbonyl (C=O) groups is 1. The van der Waals surface area contributed by atoms with Crippen LogP contribution in [0.15, 0.2) is 35.6 Å². The minimum absolute atomic E-state index is 0.324. The summed E-state index contributed by atoms with van der Waals surface area (Å²) in [6, 6.07) is 4.87. The summed E-state index contributed by atoms with van der Waals surface area (Å²) in [4.78, 5) is 21.6. The molecule has 1 amide bonds. The number of aliphatic imine (C=N–C) groups is 1. The third-order valence-corrected chi connectivity index (χ3v) is 2.84. The molecule has 0 spiro atoms. The summed E-state index contributed by atoms with van der Waals surface area (Å²) in [6.45, 7) is 0. The molecule has 1 aliphatic heterocycles. The van der Waals surface area contributed by atoms with Gasteiger partial charge in [0.1, 0.15) is 0 Å². The van der Waals surface area contributed by atoms with Crippen molar-refractivity contribution < 1.29 is 18.0 Å². The molecule has 0 saturated heterocycles. The topological polar surface area (TPSA) is 55.2 Å². The van der Waals surface area contributed by atoms with Gasteiger partial charge in [0.25, 0.3) is 5.91 Å². The zero-order valence-corrected chi connectivity index (χ0v) is 9.85. The minimum atomic E-state index is -4.56. The molecule has 7 heteroatoms. The quantitative estimate of drug-likeness (QED) is 0.805. The highest BCUT2D eigenvalue weighted by atomic mass is 19.4. The number of hydrogen-bond donors (Lipinski definition) is 0. The van der Waals surface area contributed by atoms with Gasteiger partial charge in [0.15, 0.2) is 0 Å². The van der Waals surface area contributed by atoms with E-state index >= 15 is 0 Å². The number of fused-ring (bicyclic) bond motifs is 1. The highest BCUT2D eigenvalue weighted by Crippen LogP contribution is 2.28. The Morgan fingerprint density at radius 1 is 1.00 bits per heavy atom. The second-order valence-corrected chi connectivity index (χ2v) is 4.16. The summed E-state index contributed by atoms with van der Waals surface area (Å²) in [5.41, 5.74) is 2.17. The van der Waals surface area contributed by atoms with Gasteiger partial charge < -0.3 is 0 Å². The van der Waals surface area contributed by atoms with Crippen LogP contribution in [0.2, 0.25) is 0 Å². The van der Waals surface area contributed by atoms with Crippen LogP contribution in [-0.2, 0) is 6.18 Å². The third kappa shape index (κ3) is 2.07. The maximum atomic E-state index is 12.4. The number of carbonyl (C=O) groups excluding carboxylic acids is 1. The predicted octanol–water partition coefficient (Wildman–Crippen LogP) is 2.74. The van der Waals surface area contributed by atoms with Gasteiger partial charge in [-0.15, -0.1) is 0 Å². The van der Waals surface area contributed by atoms with Crippen molar-refractivity contribution in [3.8, 4) is 11.1 Å². The Bertz CT molecular complexity index is 721. The number of amides is 1. The van der Waals surface area contributed by atoms with E-state index in [2.05, 4.69) is 15.0 Å². The van der Waals surface area contributed by atoms with Crippen molar-refractivity contribution in [1.29, 1.82) is 0 Å². The number of benzene rings is 1. The summed E-state index contributed by atoms with van der Waals surface area (Å²) in [5, 5.41) is 0. The molecule has 0 unspecified atom stereocenters. The van der Waals surface area contributed by atoms with Crippen LogP contribution in [-0.4, -0.2) is 22.1 Å². The van der Waals surface area contributed by atoms with E-state index < -0.39 is 12.0 Å². The monoisotopic (exact) mass is 277 g/mol. The van der Waals surface area contributed by atoms with Crippen LogP contribution >= 0.6 is 0 Å². The van der Waals surface area contributed by atoms with E-state index in [0.717, 1.165) is 12.4 Å². The van der Waals surface area contributed by atoms with Crippen molar-refractivity contribution in [2.24, 2.45) is 4.99 Å². The first-order valence-electron chi connectivity index (χ1n) is 5.57.